The molecule has 1 amide bonds. The van der Waals surface area contributed by atoms with Crippen LogP contribution < -0.4 is 10.6 Å². The summed E-state index contributed by atoms with van der Waals surface area (Å²) in [5.74, 6) is 0.792. The second-order valence-electron chi connectivity index (χ2n) is 5.45. The standard InChI is InChI=1S/C16H22N4O2S/c1-11(2)15(21)18-13-6-4-12(5-7-13)10-17-16-19-14(20-23-16)8-9-22-3/h4-7,11H,8-10H2,1-3H3,(H,18,21)(H,17,19,20). The summed E-state index contributed by atoms with van der Waals surface area (Å²) in [4.78, 5) is 16.0. The fraction of sp³-hybridized carbons (Fsp3) is 0.438. The van der Waals surface area contributed by atoms with Crippen LogP contribution in [0.1, 0.15) is 25.2 Å². The molecule has 1 heterocycles. The minimum Gasteiger partial charge on any atom is -0.384 e. The Balaban J connectivity index is 1.84. The lowest BCUT2D eigenvalue weighted by Gasteiger charge is -2.08. The van der Waals surface area contributed by atoms with Crippen molar-refractivity contribution in [3.8, 4) is 0 Å². The van der Waals surface area contributed by atoms with Crippen molar-refractivity contribution < 1.29 is 9.53 Å². The number of nitrogens with one attached hydrogen (secondary N) is 2. The number of nitrogens with zero attached hydrogens (tertiary/aromatic N) is 2. The molecule has 7 heteroatoms. The number of hydrogen-bond donors (Lipinski definition) is 2. The summed E-state index contributed by atoms with van der Waals surface area (Å²) >= 11 is 1.35. The van der Waals surface area contributed by atoms with Gasteiger partial charge in [0.05, 0.1) is 6.61 Å². The van der Waals surface area contributed by atoms with Crippen LogP contribution >= 0.6 is 11.5 Å². The largest absolute Gasteiger partial charge is 0.384 e. The number of carbonyl (C=O) groups is 1. The highest BCUT2D eigenvalue weighted by Crippen LogP contribution is 2.15. The second-order valence-corrected chi connectivity index (χ2v) is 6.20. The van der Waals surface area contributed by atoms with Crippen LogP contribution in [0.15, 0.2) is 24.3 Å². The number of benzene rings is 1. The van der Waals surface area contributed by atoms with Crippen LogP contribution in [-0.2, 0) is 22.5 Å². The summed E-state index contributed by atoms with van der Waals surface area (Å²) < 4.78 is 9.28. The lowest BCUT2D eigenvalue weighted by Crippen LogP contribution is -2.17. The number of carbonyl (C=O) groups excluding carboxylic acids is 1. The van der Waals surface area contributed by atoms with Crippen molar-refractivity contribution in [2.45, 2.75) is 26.8 Å². The fourth-order valence-electron chi connectivity index (χ4n) is 1.79. The third-order valence-electron chi connectivity index (χ3n) is 3.19. The van der Waals surface area contributed by atoms with Crippen LogP contribution in [0.3, 0.4) is 0 Å². The van der Waals surface area contributed by atoms with Crippen molar-refractivity contribution in [3.05, 3.63) is 35.7 Å². The van der Waals surface area contributed by atoms with Crippen molar-refractivity contribution >= 4 is 28.3 Å². The first-order valence-electron chi connectivity index (χ1n) is 7.53. The zero-order valence-electron chi connectivity index (χ0n) is 13.6. The quantitative estimate of drug-likeness (QED) is 0.776. The number of anilines is 2. The minimum absolute atomic E-state index is 0.0216. The van der Waals surface area contributed by atoms with Crippen molar-refractivity contribution in [2.75, 3.05) is 24.4 Å². The third kappa shape index (κ3) is 5.61. The predicted molar refractivity (Wildman–Crippen MR) is 92.7 cm³/mol. The first kappa shape index (κ1) is 17.4. The van der Waals surface area contributed by atoms with E-state index in [9.17, 15) is 4.79 Å². The molecule has 6 nitrogen and oxygen atoms in total. The average Bonchev–Trinajstić information content (AvgIpc) is 3.00. The molecule has 0 aliphatic carbocycles. The minimum atomic E-state index is -0.0268. The molecule has 2 N–H and O–H groups in total. The van der Waals surface area contributed by atoms with E-state index in [1.54, 1.807) is 7.11 Å². The molecular formula is C16H22N4O2S. The summed E-state index contributed by atoms with van der Waals surface area (Å²) in [6, 6.07) is 7.77. The van der Waals surface area contributed by atoms with Crippen LogP contribution in [0.2, 0.25) is 0 Å². The highest BCUT2D eigenvalue weighted by molar-refractivity contribution is 7.09. The van der Waals surface area contributed by atoms with Crippen LogP contribution in [0, 0.1) is 5.92 Å². The van der Waals surface area contributed by atoms with Gasteiger partial charge in [-0.25, -0.2) is 4.98 Å². The Morgan fingerprint density at radius 2 is 2.04 bits per heavy atom. The topological polar surface area (TPSA) is 76.1 Å². The second kappa shape index (κ2) is 8.59. The van der Waals surface area contributed by atoms with Gasteiger partial charge in [0.2, 0.25) is 11.0 Å². The monoisotopic (exact) mass is 334 g/mol. The third-order valence-corrected chi connectivity index (χ3v) is 3.90. The summed E-state index contributed by atoms with van der Waals surface area (Å²) in [6.45, 7) is 5.03. The molecule has 1 aromatic heterocycles. The van der Waals surface area contributed by atoms with E-state index in [1.165, 1.54) is 11.5 Å². The Kier molecular flexibility index (Phi) is 6.49. The van der Waals surface area contributed by atoms with Crippen molar-refractivity contribution in [3.63, 3.8) is 0 Å². The first-order chi connectivity index (χ1) is 11.1. The van der Waals surface area contributed by atoms with Crippen LogP contribution in [-0.4, -0.2) is 29.0 Å². The van der Waals surface area contributed by atoms with Gasteiger partial charge in [0, 0.05) is 43.2 Å². The lowest BCUT2D eigenvalue weighted by atomic mass is 10.1. The number of aromatic nitrogens is 2. The zero-order valence-corrected chi connectivity index (χ0v) is 14.4. The van der Waals surface area contributed by atoms with Crippen LogP contribution in [0.5, 0.6) is 0 Å². The molecule has 2 aromatic rings. The predicted octanol–water partition coefficient (Wildman–Crippen LogP) is 2.93. The Hall–Kier alpha value is -1.99. The molecule has 0 aliphatic heterocycles. The van der Waals surface area contributed by atoms with E-state index in [0.29, 0.717) is 13.2 Å². The Morgan fingerprint density at radius 1 is 1.30 bits per heavy atom. The molecule has 23 heavy (non-hydrogen) atoms. The SMILES string of the molecule is COCCc1nsc(NCc2ccc(NC(=O)C(C)C)cc2)n1. The molecule has 0 unspecified atom stereocenters. The van der Waals surface area contributed by atoms with E-state index in [0.717, 1.165) is 28.6 Å². The molecule has 0 radical (unpaired) electrons. The Morgan fingerprint density at radius 3 is 2.70 bits per heavy atom. The molecule has 124 valence electrons. The lowest BCUT2D eigenvalue weighted by molar-refractivity contribution is -0.118. The highest BCUT2D eigenvalue weighted by atomic mass is 32.1. The van der Waals surface area contributed by atoms with E-state index in [2.05, 4.69) is 20.0 Å². The van der Waals surface area contributed by atoms with Gasteiger partial charge in [-0.2, -0.15) is 4.37 Å². The summed E-state index contributed by atoms with van der Waals surface area (Å²) in [7, 11) is 1.67. The molecule has 0 aliphatic rings. The summed E-state index contributed by atoms with van der Waals surface area (Å²) in [6.07, 6.45) is 0.721. The number of amides is 1. The normalized spacial score (nSPS) is 10.8. The smallest absolute Gasteiger partial charge is 0.226 e. The maximum Gasteiger partial charge on any atom is 0.226 e. The van der Waals surface area contributed by atoms with Gasteiger partial charge in [-0.05, 0) is 17.7 Å². The molecule has 0 spiro atoms. The zero-order chi connectivity index (χ0) is 16.7. The number of methoxy groups -OCH3 is 1. The van der Waals surface area contributed by atoms with E-state index in [4.69, 9.17) is 4.74 Å². The van der Waals surface area contributed by atoms with E-state index in [-0.39, 0.29) is 11.8 Å². The van der Waals surface area contributed by atoms with Gasteiger partial charge in [-0.15, -0.1) is 0 Å². The van der Waals surface area contributed by atoms with E-state index in [1.807, 2.05) is 38.1 Å². The van der Waals surface area contributed by atoms with Gasteiger partial charge in [0.15, 0.2) is 0 Å². The Labute approximate surface area is 140 Å². The Bertz CT molecular complexity index is 625. The van der Waals surface area contributed by atoms with E-state index >= 15 is 0 Å². The number of rotatable bonds is 8. The van der Waals surface area contributed by atoms with Crippen LogP contribution in [0.4, 0.5) is 10.8 Å². The fourth-order valence-corrected chi connectivity index (χ4v) is 2.40. The van der Waals surface area contributed by atoms with Crippen LogP contribution in [0.25, 0.3) is 0 Å². The highest BCUT2D eigenvalue weighted by Gasteiger charge is 2.07. The maximum absolute atomic E-state index is 11.6. The number of hydrogen-bond acceptors (Lipinski definition) is 6. The van der Waals surface area contributed by atoms with Gasteiger partial charge in [-0.3, -0.25) is 4.79 Å². The van der Waals surface area contributed by atoms with Crippen molar-refractivity contribution in [2.24, 2.45) is 5.92 Å². The summed E-state index contributed by atoms with van der Waals surface area (Å²) in [5.41, 5.74) is 1.92. The van der Waals surface area contributed by atoms with Gasteiger partial charge in [0.1, 0.15) is 5.82 Å². The molecule has 0 saturated heterocycles. The molecule has 0 saturated carbocycles. The van der Waals surface area contributed by atoms with Crippen molar-refractivity contribution in [1.82, 2.24) is 9.36 Å². The number of ether oxygens (including phenoxy) is 1. The summed E-state index contributed by atoms with van der Waals surface area (Å²) in [5, 5.41) is 6.93. The van der Waals surface area contributed by atoms with Gasteiger partial charge in [0.25, 0.3) is 0 Å². The van der Waals surface area contributed by atoms with E-state index < -0.39 is 0 Å². The molecule has 0 atom stereocenters. The van der Waals surface area contributed by atoms with Gasteiger partial charge < -0.3 is 15.4 Å². The molecule has 2 rings (SSSR count). The molecular weight excluding hydrogens is 312 g/mol. The molecule has 1 aromatic carbocycles. The average molecular weight is 334 g/mol. The molecule has 0 fully saturated rings. The van der Waals surface area contributed by atoms with Gasteiger partial charge >= 0.3 is 0 Å². The maximum atomic E-state index is 11.6. The van der Waals surface area contributed by atoms with Crippen molar-refractivity contribution in [1.29, 1.82) is 0 Å². The molecule has 0 bridgehead atoms. The van der Waals surface area contributed by atoms with Gasteiger partial charge in [-0.1, -0.05) is 26.0 Å². The first-order valence-corrected chi connectivity index (χ1v) is 8.31.